The van der Waals surface area contributed by atoms with Crippen LogP contribution in [0.4, 0.5) is 10.5 Å². The van der Waals surface area contributed by atoms with Gasteiger partial charge in [-0.25, -0.2) is 9.59 Å². The summed E-state index contributed by atoms with van der Waals surface area (Å²) in [5.41, 5.74) is 0.880. The molecule has 1 heterocycles. The Morgan fingerprint density at radius 1 is 1.20 bits per heavy atom. The van der Waals surface area contributed by atoms with Gasteiger partial charge in [-0.2, -0.15) is 0 Å². The van der Waals surface area contributed by atoms with Gasteiger partial charge in [-0.1, -0.05) is 0 Å². The summed E-state index contributed by atoms with van der Waals surface area (Å²) in [5, 5.41) is 2.53. The molecule has 20 heavy (non-hydrogen) atoms. The molecule has 2 rings (SSSR count). The van der Waals surface area contributed by atoms with Crippen molar-refractivity contribution >= 4 is 17.7 Å². The second kappa shape index (κ2) is 6.42. The van der Waals surface area contributed by atoms with Gasteiger partial charge in [0.25, 0.3) is 0 Å². The minimum Gasteiger partial charge on any atom is -0.472 e. The maximum atomic E-state index is 11.7. The SMILES string of the molecule is CCOC(=O)Nc1ccc(OC(=O)c2ccoc2)cc1. The van der Waals surface area contributed by atoms with Gasteiger partial charge in [0, 0.05) is 5.69 Å². The van der Waals surface area contributed by atoms with Gasteiger partial charge in [-0.3, -0.25) is 5.32 Å². The van der Waals surface area contributed by atoms with Crippen molar-refractivity contribution < 1.29 is 23.5 Å². The molecule has 0 saturated carbocycles. The molecule has 6 nitrogen and oxygen atoms in total. The molecule has 1 amide bonds. The number of benzene rings is 1. The van der Waals surface area contributed by atoms with E-state index in [-0.39, 0.29) is 0 Å². The lowest BCUT2D eigenvalue weighted by Crippen LogP contribution is -2.13. The van der Waals surface area contributed by atoms with Crippen molar-refractivity contribution in [1.29, 1.82) is 0 Å². The van der Waals surface area contributed by atoms with E-state index in [4.69, 9.17) is 13.9 Å². The maximum absolute atomic E-state index is 11.7. The summed E-state index contributed by atoms with van der Waals surface area (Å²) < 4.78 is 14.7. The van der Waals surface area contributed by atoms with E-state index in [2.05, 4.69) is 5.32 Å². The fourth-order valence-corrected chi connectivity index (χ4v) is 1.44. The van der Waals surface area contributed by atoms with Crippen LogP contribution >= 0.6 is 0 Å². The zero-order chi connectivity index (χ0) is 14.4. The van der Waals surface area contributed by atoms with Crippen LogP contribution in [0.1, 0.15) is 17.3 Å². The van der Waals surface area contributed by atoms with E-state index >= 15 is 0 Å². The van der Waals surface area contributed by atoms with Crippen LogP contribution in [0.5, 0.6) is 5.75 Å². The van der Waals surface area contributed by atoms with Crippen LogP contribution in [0.25, 0.3) is 0 Å². The van der Waals surface area contributed by atoms with Gasteiger partial charge >= 0.3 is 12.1 Å². The second-order valence-electron chi connectivity index (χ2n) is 3.77. The second-order valence-corrected chi connectivity index (χ2v) is 3.77. The van der Waals surface area contributed by atoms with Gasteiger partial charge in [0.05, 0.1) is 18.4 Å². The van der Waals surface area contributed by atoms with Gasteiger partial charge in [0.1, 0.15) is 12.0 Å². The zero-order valence-electron chi connectivity index (χ0n) is 10.8. The van der Waals surface area contributed by atoms with Crippen molar-refractivity contribution in [3.63, 3.8) is 0 Å². The Labute approximate surface area is 115 Å². The van der Waals surface area contributed by atoms with Crippen LogP contribution in [-0.2, 0) is 4.74 Å². The number of rotatable bonds is 4. The van der Waals surface area contributed by atoms with Gasteiger partial charge in [0.2, 0.25) is 0 Å². The average Bonchev–Trinajstić information content (AvgIpc) is 2.95. The van der Waals surface area contributed by atoms with Gasteiger partial charge < -0.3 is 13.9 Å². The van der Waals surface area contributed by atoms with Crippen LogP contribution in [0.15, 0.2) is 47.3 Å². The number of carbonyl (C=O) groups excluding carboxylic acids is 2. The zero-order valence-corrected chi connectivity index (χ0v) is 10.8. The lowest BCUT2D eigenvalue weighted by molar-refractivity contribution is 0.0734. The summed E-state index contributed by atoms with van der Waals surface area (Å²) in [7, 11) is 0. The molecule has 0 aliphatic heterocycles. The number of hydrogen-bond donors (Lipinski definition) is 1. The molecule has 6 heteroatoms. The summed E-state index contributed by atoms with van der Waals surface area (Å²) >= 11 is 0. The van der Waals surface area contributed by atoms with Crippen molar-refractivity contribution in [2.45, 2.75) is 6.92 Å². The van der Waals surface area contributed by atoms with E-state index in [1.165, 1.54) is 18.6 Å². The molecule has 0 saturated heterocycles. The van der Waals surface area contributed by atoms with Crippen LogP contribution < -0.4 is 10.1 Å². The molecular formula is C14H13NO5. The third-order valence-corrected chi connectivity index (χ3v) is 2.34. The Morgan fingerprint density at radius 2 is 1.95 bits per heavy atom. The monoisotopic (exact) mass is 275 g/mol. The minimum atomic E-state index is -0.532. The summed E-state index contributed by atoms with van der Waals surface area (Å²) in [6.07, 6.45) is 2.16. The highest BCUT2D eigenvalue weighted by atomic mass is 16.5. The van der Waals surface area contributed by atoms with E-state index in [1.54, 1.807) is 31.2 Å². The lowest BCUT2D eigenvalue weighted by Gasteiger charge is -2.06. The average molecular weight is 275 g/mol. The Hall–Kier alpha value is -2.76. The molecule has 0 spiro atoms. The third-order valence-electron chi connectivity index (χ3n) is 2.34. The first-order valence-electron chi connectivity index (χ1n) is 5.97. The van der Waals surface area contributed by atoms with E-state index in [0.717, 1.165) is 0 Å². The highest BCUT2D eigenvalue weighted by Crippen LogP contribution is 2.17. The summed E-state index contributed by atoms with van der Waals surface area (Å²) in [6.45, 7) is 2.02. The molecule has 0 aliphatic carbocycles. The summed E-state index contributed by atoms with van der Waals surface area (Å²) in [6, 6.07) is 7.86. The van der Waals surface area contributed by atoms with Crippen molar-refractivity contribution in [3.8, 4) is 5.75 Å². The first kappa shape index (κ1) is 13.7. The number of ether oxygens (including phenoxy) is 2. The van der Waals surface area contributed by atoms with E-state index in [9.17, 15) is 9.59 Å². The quantitative estimate of drug-likeness (QED) is 0.685. The van der Waals surface area contributed by atoms with E-state index in [0.29, 0.717) is 23.6 Å². The number of amides is 1. The van der Waals surface area contributed by atoms with E-state index in [1.807, 2.05) is 0 Å². The van der Waals surface area contributed by atoms with E-state index < -0.39 is 12.1 Å². The Balaban J connectivity index is 1.95. The van der Waals surface area contributed by atoms with Crippen molar-refractivity contribution in [3.05, 3.63) is 48.4 Å². The highest BCUT2D eigenvalue weighted by Gasteiger charge is 2.09. The molecule has 104 valence electrons. The predicted octanol–water partition coefficient (Wildman–Crippen LogP) is 3.07. The molecule has 0 fully saturated rings. The first-order valence-corrected chi connectivity index (χ1v) is 5.97. The summed E-state index contributed by atoms with van der Waals surface area (Å²) in [4.78, 5) is 22.9. The summed E-state index contributed by atoms with van der Waals surface area (Å²) in [5.74, 6) is -0.143. The fraction of sp³-hybridized carbons (Fsp3) is 0.143. The van der Waals surface area contributed by atoms with Gasteiger partial charge in [0.15, 0.2) is 0 Å². The fourth-order valence-electron chi connectivity index (χ4n) is 1.44. The van der Waals surface area contributed by atoms with Crippen molar-refractivity contribution in [2.75, 3.05) is 11.9 Å². The molecule has 1 aromatic heterocycles. The third kappa shape index (κ3) is 3.61. The smallest absolute Gasteiger partial charge is 0.411 e. The lowest BCUT2D eigenvalue weighted by atomic mass is 10.3. The Bertz CT molecular complexity index is 574. The minimum absolute atomic E-state index is 0.298. The topological polar surface area (TPSA) is 77.8 Å². The van der Waals surface area contributed by atoms with Gasteiger partial charge in [-0.05, 0) is 37.3 Å². The van der Waals surface area contributed by atoms with Crippen LogP contribution in [-0.4, -0.2) is 18.7 Å². The molecule has 1 N–H and O–H groups in total. The van der Waals surface area contributed by atoms with Gasteiger partial charge in [-0.15, -0.1) is 0 Å². The first-order chi connectivity index (χ1) is 9.69. The molecule has 0 unspecified atom stereocenters. The molecule has 0 radical (unpaired) electrons. The van der Waals surface area contributed by atoms with Crippen LogP contribution in [0, 0.1) is 0 Å². The molecular weight excluding hydrogens is 262 g/mol. The standard InChI is InChI=1S/C14H13NO5/c1-2-19-14(17)15-11-3-5-12(6-4-11)20-13(16)10-7-8-18-9-10/h3-9H,2H2,1H3,(H,15,17). The normalized spacial score (nSPS) is 9.85. The molecule has 2 aromatic rings. The van der Waals surface area contributed by atoms with Crippen molar-refractivity contribution in [2.24, 2.45) is 0 Å². The van der Waals surface area contributed by atoms with Crippen molar-refractivity contribution in [1.82, 2.24) is 0 Å². The molecule has 0 aliphatic rings. The molecule has 1 aromatic carbocycles. The molecule has 0 bridgehead atoms. The number of furan rings is 1. The number of carbonyl (C=O) groups is 2. The maximum Gasteiger partial charge on any atom is 0.411 e. The number of nitrogens with one attached hydrogen (secondary N) is 1. The Kier molecular flexibility index (Phi) is 4.39. The number of esters is 1. The largest absolute Gasteiger partial charge is 0.472 e. The molecule has 0 atom stereocenters. The highest BCUT2D eigenvalue weighted by molar-refractivity contribution is 5.90. The predicted molar refractivity (Wildman–Crippen MR) is 70.8 cm³/mol. The van der Waals surface area contributed by atoms with Crippen LogP contribution in [0.2, 0.25) is 0 Å². The number of hydrogen-bond acceptors (Lipinski definition) is 5. The number of anilines is 1. The Morgan fingerprint density at radius 3 is 2.55 bits per heavy atom. The van der Waals surface area contributed by atoms with Crippen LogP contribution in [0.3, 0.4) is 0 Å².